The van der Waals surface area contributed by atoms with Gasteiger partial charge in [-0.15, -0.1) is 11.3 Å². The van der Waals surface area contributed by atoms with Crippen LogP contribution in [0.4, 0.5) is 5.00 Å². The molecule has 3 rings (SSSR count). The van der Waals surface area contributed by atoms with Crippen molar-refractivity contribution in [3.8, 4) is 11.1 Å². The largest absolute Gasteiger partial charge is 0.465 e. The van der Waals surface area contributed by atoms with Gasteiger partial charge in [0.2, 0.25) is 5.91 Å². The van der Waals surface area contributed by atoms with Crippen molar-refractivity contribution >= 4 is 39.8 Å². The number of nitrogens with one attached hydrogen (secondary N) is 1. The molecule has 5 nitrogen and oxygen atoms in total. The summed E-state index contributed by atoms with van der Waals surface area (Å²) in [6.45, 7) is 4.64. The summed E-state index contributed by atoms with van der Waals surface area (Å²) in [7, 11) is 1.34. The number of methoxy groups -OCH3 is 1. The molecule has 2 aromatic rings. The molecule has 1 aliphatic heterocycles. The van der Waals surface area contributed by atoms with E-state index < -0.39 is 5.97 Å². The van der Waals surface area contributed by atoms with E-state index in [4.69, 9.17) is 16.3 Å². The van der Waals surface area contributed by atoms with E-state index in [1.807, 2.05) is 17.5 Å². The zero-order valence-electron chi connectivity index (χ0n) is 16.3. The normalized spacial score (nSPS) is 20.0. The van der Waals surface area contributed by atoms with Crippen LogP contribution in [0.1, 0.15) is 43.5 Å². The summed E-state index contributed by atoms with van der Waals surface area (Å²) in [6.07, 6.45) is 3.40. The van der Waals surface area contributed by atoms with Gasteiger partial charge in [-0.25, -0.2) is 4.79 Å². The minimum Gasteiger partial charge on any atom is -0.465 e. The first kappa shape index (κ1) is 20.8. The summed E-state index contributed by atoms with van der Waals surface area (Å²) in [5.41, 5.74) is 1.95. The standard InChI is InChI=1S/C21H25ClN2O3S/c1-13-5-4-6-14(2)24(13)11-18(25)23-20-19(21(26)27-3)17(12-28-20)15-7-9-16(22)10-8-15/h7-10,12-14H,4-6,11H2,1-3H3,(H,23,25). The molecule has 1 N–H and O–H groups in total. The Labute approximate surface area is 174 Å². The smallest absolute Gasteiger partial charge is 0.341 e. The van der Waals surface area contributed by atoms with Crippen LogP contribution in [0, 0.1) is 0 Å². The molecular weight excluding hydrogens is 396 g/mol. The van der Waals surface area contributed by atoms with Crippen molar-refractivity contribution in [2.45, 2.75) is 45.2 Å². The van der Waals surface area contributed by atoms with Crippen LogP contribution in [-0.2, 0) is 9.53 Å². The number of nitrogens with zero attached hydrogens (tertiary/aromatic N) is 1. The molecule has 7 heteroatoms. The number of piperidine rings is 1. The summed E-state index contributed by atoms with van der Waals surface area (Å²) >= 11 is 7.29. The number of carbonyl (C=O) groups is 2. The van der Waals surface area contributed by atoms with Gasteiger partial charge in [0.1, 0.15) is 10.6 Å². The number of amides is 1. The molecule has 1 amide bonds. The fraction of sp³-hybridized carbons (Fsp3) is 0.429. The Bertz CT molecular complexity index is 840. The Morgan fingerprint density at radius 1 is 1.21 bits per heavy atom. The van der Waals surface area contributed by atoms with Crippen molar-refractivity contribution in [2.24, 2.45) is 0 Å². The lowest BCUT2D eigenvalue weighted by Gasteiger charge is -2.38. The van der Waals surface area contributed by atoms with Crippen LogP contribution in [0.2, 0.25) is 5.02 Å². The fourth-order valence-electron chi connectivity index (χ4n) is 3.71. The number of halogens is 1. The predicted molar refractivity (Wildman–Crippen MR) is 114 cm³/mol. The van der Waals surface area contributed by atoms with E-state index in [9.17, 15) is 9.59 Å². The second-order valence-electron chi connectivity index (χ2n) is 7.20. The van der Waals surface area contributed by atoms with Crippen LogP contribution in [-0.4, -0.2) is 42.5 Å². The monoisotopic (exact) mass is 420 g/mol. The van der Waals surface area contributed by atoms with E-state index in [1.54, 1.807) is 12.1 Å². The van der Waals surface area contributed by atoms with Crippen LogP contribution >= 0.6 is 22.9 Å². The van der Waals surface area contributed by atoms with Crippen LogP contribution in [0.5, 0.6) is 0 Å². The topological polar surface area (TPSA) is 58.6 Å². The Kier molecular flexibility index (Phi) is 6.75. The van der Waals surface area contributed by atoms with E-state index in [0.29, 0.717) is 34.2 Å². The average Bonchev–Trinajstić information content (AvgIpc) is 3.08. The van der Waals surface area contributed by atoms with Crippen molar-refractivity contribution < 1.29 is 14.3 Å². The highest BCUT2D eigenvalue weighted by molar-refractivity contribution is 7.15. The van der Waals surface area contributed by atoms with Gasteiger partial charge in [0.15, 0.2) is 0 Å². The molecule has 2 atom stereocenters. The van der Waals surface area contributed by atoms with Crippen molar-refractivity contribution in [1.82, 2.24) is 4.90 Å². The molecule has 0 bridgehead atoms. The molecule has 0 aliphatic carbocycles. The number of esters is 1. The molecule has 28 heavy (non-hydrogen) atoms. The lowest BCUT2D eigenvalue weighted by Crippen LogP contribution is -2.47. The fourth-order valence-corrected chi connectivity index (χ4v) is 4.81. The molecular formula is C21H25ClN2O3S. The second kappa shape index (κ2) is 9.07. The van der Waals surface area contributed by atoms with Gasteiger partial charge in [0.05, 0.1) is 13.7 Å². The maximum atomic E-state index is 12.7. The molecule has 0 radical (unpaired) electrons. The highest BCUT2D eigenvalue weighted by atomic mass is 35.5. The van der Waals surface area contributed by atoms with E-state index in [-0.39, 0.29) is 5.91 Å². The maximum absolute atomic E-state index is 12.7. The van der Waals surface area contributed by atoms with Crippen molar-refractivity contribution in [3.63, 3.8) is 0 Å². The molecule has 1 aromatic heterocycles. The van der Waals surface area contributed by atoms with Crippen LogP contribution in [0.15, 0.2) is 29.6 Å². The zero-order chi connectivity index (χ0) is 20.3. The minimum absolute atomic E-state index is 0.116. The van der Waals surface area contributed by atoms with Gasteiger partial charge in [-0.3, -0.25) is 9.69 Å². The quantitative estimate of drug-likeness (QED) is 0.687. The highest BCUT2D eigenvalue weighted by Crippen LogP contribution is 2.36. The second-order valence-corrected chi connectivity index (χ2v) is 8.52. The molecule has 0 spiro atoms. The Morgan fingerprint density at radius 3 is 2.46 bits per heavy atom. The predicted octanol–water partition coefficient (Wildman–Crippen LogP) is 5.06. The third-order valence-electron chi connectivity index (χ3n) is 5.29. The van der Waals surface area contributed by atoms with Gasteiger partial charge in [-0.1, -0.05) is 30.2 Å². The number of likely N-dealkylation sites (tertiary alicyclic amines) is 1. The summed E-state index contributed by atoms with van der Waals surface area (Å²) in [6, 6.07) is 7.99. The van der Waals surface area contributed by atoms with E-state index >= 15 is 0 Å². The third-order valence-corrected chi connectivity index (χ3v) is 6.44. The van der Waals surface area contributed by atoms with Gasteiger partial charge >= 0.3 is 5.97 Å². The summed E-state index contributed by atoms with van der Waals surface area (Å²) in [4.78, 5) is 27.4. The van der Waals surface area contributed by atoms with E-state index in [2.05, 4.69) is 24.1 Å². The molecule has 1 aromatic carbocycles. The number of ether oxygens (including phenoxy) is 1. The molecule has 0 saturated carbocycles. The number of benzene rings is 1. The zero-order valence-corrected chi connectivity index (χ0v) is 17.9. The van der Waals surface area contributed by atoms with Crippen LogP contribution in [0.25, 0.3) is 11.1 Å². The highest BCUT2D eigenvalue weighted by Gasteiger charge is 2.28. The lowest BCUT2D eigenvalue weighted by molar-refractivity contribution is -0.118. The first-order valence-corrected chi connectivity index (χ1v) is 10.7. The number of carbonyl (C=O) groups excluding carboxylic acids is 2. The van der Waals surface area contributed by atoms with E-state index in [0.717, 1.165) is 24.0 Å². The average molecular weight is 421 g/mol. The lowest BCUT2D eigenvalue weighted by atomic mass is 9.97. The Morgan fingerprint density at radius 2 is 1.86 bits per heavy atom. The SMILES string of the molecule is COC(=O)c1c(-c2ccc(Cl)cc2)csc1NC(=O)CN1C(C)CCCC1C. The molecule has 1 fully saturated rings. The third kappa shape index (κ3) is 4.57. The van der Waals surface area contributed by atoms with E-state index in [1.165, 1.54) is 24.9 Å². The van der Waals surface area contributed by atoms with Gasteiger partial charge in [0, 0.05) is 28.0 Å². The molecule has 150 valence electrons. The van der Waals surface area contributed by atoms with Crippen molar-refractivity contribution in [3.05, 3.63) is 40.2 Å². The molecule has 1 saturated heterocycles. The number of thiophene rings is 1. The molecule has 2 unspecified atom stereocenters. The molecule has 1 aliphatic rings. The first-order valence-electron chi connectivity index (χ1n) is 9.42. The number of hydrogen-bond donors (Lipinski definition) is 1. The van der Waals surface area contributed by atoms with Gasteiger partial charge in [-0.2, -0.15) is 0 Å². The Balaban J connectivity index is 1.82. The Hall–Kier alpha value is -1.89. The summed E-state index contributed by atoms with van der Waals surface area (Å²) in [5.74, 6) is -0.587. The van der Waals surface area contributed by atoms with Crippen LogP contribution < -0.4 is 5.32 Å². The van der Waals surface area contributed by atoms with Gasteiger partial charge < -0.3 is 10.1 Å². The maximum Gasteiger partial charge on any atom is 0.341 e. The van der Waals surface area contributed by atoms with Crippen LogP contribution in [0.3, 0.4) is 0 Å². The number of hydrogen-bond acceptors (Lipinski definition) is 5. The summed E-state index contributed by atoms with van der Waals surface area (Å²) in [5, 5.41) is 5.92. The minimum atomic E-state index is -0.471. The van der Waals surface area contributed by atoms with Crippen molar-refractivity contribution in [2.75, 3.05) is 19.0 Å². The van der Waals surface area contributed by atoms with Gasteiger partial charge in [-0.05, 0) is 44.4 Å². The number of rotatable bonds is 5. The molecule has 2 heterocycles. The first-order chi connectivity index (χ1) is 13.4. The van der Waals surface area contributed by atoms with Gasteiger partial charge in [0.25, 0.3) is 0 Å². The summed E-state index contributed by atoms with van der Waals surface area (Å²) < 4.78 is 4.97. The van der Waals surface area contributed by atoms with Crippen molar-refractivity contribution in [1.29, 1.82) is 0 Å². The number of anilines is 1.